The Hall–Kier alpha value is -3.88. The molecule has 0 saturated carbocycles. The Bertz CT molecular complexity index is 1380. The number of nitriles is 1. The lowest BCUT2D eigenvalue weighted by Crippen LogP contribution is -2.25. The molecule has 0 aliphatic heterocycles. The van der Waals surface area contributed by atoms with E-state index in [0.717, 1.165) is 39.2 Å². The van der Waals surface area contributed by atoms with Gasteiger partial charge < -0.3 is 5.32 Å². The fourth-order valence-electron chi connectivity index (χ4n) is 3.86. The summed E-state index contributed by atoms with van der Waals surface area (Å²) in [6.45, 7) is 5.96. The number of rotatable bonds is 7. The number of anilines is 1. The number of pyridine rings is 1. The highest BCUT2D eigenvalue weighted by molar-refractivity contribution is 8.00. The van der Waals surface area contributed by atoms with E-state index in [4.69, 9.17) is 4.98 Å². The fraction of sp³-hybridized carbons (Fsp3) is 0.167. The number of benzene rings is 3. The second kappa shape index (κ2) is 11.0. The summed E-state index contributed by atoms with van der Waals surface area (Å²) < 4.78 is 0. The maximum atomic E-state index is 13.3. The molecule has 4 aromatic rings. The zero-order valence-corrected chi connectivity index (χ0v) is 20.9. The van der Waals surface area contributed by atoms with Gasteiger partial charge in [0.05, 0.1) is 16.5 Å². The van der Waals surface area contributed by atoms with Gasteiger partial charge >= 0.3 is 0 Å². The van der Waals surface area contributed by atoms with Crippen LogP contribution in [0.15, 0.2) is 90.0 Å². The van der Waals surface area contributed by atoms with Crippen molar-refractivity contribution in [3.8, 4) is 28.5 Å². The number of amides is 1. The predicted octanol–water partition coefficient (Wildman–Crippen LogP) is 7.41. The monoisotopic (exact) mass is 477 g/mol. The second-order valence-corrected chi connectivity index (χ2v) is 9.59. The van der Waals surface area contributed by atoms with Crippen molar-refractivity contribution in [2.24, 2.45) is 0 Å². The molecule has 5 heteroatoms. The van der Waals surface area contributed by atoms with Crippen molar-refractivity contribution in [1.82, 2.24) is 4.98 Å². The molecule has 1 amide bonds. The quantitative estimate of drug-likeness (QED) is 0.281. The van der Waals surface area contributed by atoms with E-state index in [1.54, 1.807) is 0 Å². The van der Waals surface area contributed by atoms with Crippen molar-refractivity contribution in [1.29, 1.82) is 5.26 Å². The Kier molecular flexibility index (Phi) is 7.64. The Morgan fingerprint density at radius 2 is 1.63 bits per heavy atom. The van der Waals surface area contributed by atoms with Crippen molar-refractivity contribution >= 4 is 23.4 Å². The molecular formula is C30H27N3OS. The maximum Gasteiger partial charge on any atom is 0.237 e. The maximum absolute atomic E-state index is 13.3. The van der Waals surface area contributed by atoms with Crippen LogP contribution in [-0.4, -0.2) is 16.1 Å². The summed E-state index contributed by atoms with van der Waals surface area (Å²) in [6.07, 6.45) is 0.601. The van der Waals surface area contributed by atoms with Gasteiger partial charge in [-0.3, -0.25) is 4.79 Å². The number of aromatic nitrogens is 1. The van der Waals surface area contributed by atoms with Crippen LogP contribution in [-0.2, 0) is 4.79 Å². The van der Waals surface area contributed by atoms with Crippen LogP contribution >= 0.6 is 11.8 Å². The van der Waals surface area contributed by atoms with E-state index in [1.165, 1.54) is 11.8 Å². The van der Waals surface area contributed by atoms with E-state index in [-0.39, 0.29) is 5.91 Å². The number of hydrogen-bond acceptors (Lipinski definition) is 4. The third-order valence-electron chi connectivity index (χ3n) is 5.82. The second-order valence-electron chi connectivity index (χ2n) is 8.40. The van der Waals surface area contributed by atoms with Crippen LogP contribution in [0.25, 0.3) is 22.4 Å². The van der Waals surface area contributed by atoms with E-state index in [2.05, 4.69) is 11.4 Å². The molecule has 1 atom stereocenters. The number of aryl methyl sites for hydroxylation is 2. The lowest BCUT2D eigenvalue weighted by atomic mass is 9.99. The number of carbonyl (C=O) groups is 1. The molecule has 3 aromatic carbocycles. The van der Waals surface area contributed by atoms with Gasteiger partial charge in [0, 0.05) is 16.8 Å². The topological polar surface area (TPSA) is 65.8 Å². The van der Waals surface area contributed by atoms with Crippen molar-refractivity contribution in [2.75, 3.05) is 5.32 Å². The molecule has 4 nitrogen and oxygen atoms in total. The van der Waals surface area contributed by atoms with Gasteiger partial charge in [-0.1, -0.05) is 91.5 Å². The third-order valence-corrected chi connectivity index (χ3v) is 7.17. The van der Waals surface area contributed by atoms with E-state index in [9.17, 15) is 10.1 Å². The SMILES string of the molecule is CCC(Sc1nc(-c2ccccc2)cc(-c2ccccc2)c1C#N)C(=O)Nc1cc(C)ccc1C. The molecule has 1 heterocycles. The summed E-state index contributed by atoms with van der Waals surface area (Å²) in [5.41, 5.74) is 6.89. The Morgan fingerprint density at radius 3 is 2.26 bits per heavy atom. The summed E-state index contributed by atoms with van der Waals surface area (Å²) in [5.74, 6) is -0.0942. The smallest absolute Gasteiger partial charge is 0.237 e. The number of hydrogen-bond donors (Lipinski definition) is 1. The molecule has 1 unspecified atom stereocenters. The molecule has 1 N–H and O–H groups in total. The van der Waals surface area contributed by atoms with Crippen molar-refractivity contribution in [2.45, 2.75) is 37.5 Å². The normalized spacial score (nSPS) is 11.5. The molecule has 1 aromatic heterocycles. The number of nitrogens with zero attached hydrogens (tertiary/aromatic N) is 2. The van der Waals surface area contributed by atoms with Gasteiger partial charge in [-0.05, 0) is 49.1 Å². The molecule has 0 spiro atoms. The van der Waals surface area contributed by atoms with E-state index >= 15 is 0 Å². The highest BCUT2D eigenvalue weighted by Gasteiger charge is 2.24. The molecule has 0 radical (unpaired) electrons. The largest absolute Gasteiger partial charge is 0.325 e. The van der Waals surface area contributed by atoms with Gasteiger partial charge in [0.25, 0.3) is 0 Å². The highest BCUT2D eigenvalue weighted by atomic mass is 32.2. The first-order chi connectivity index (χ1) is 17.0. The molecular weight excluding hydrogens is 450 g/mol. The number of nitrogens with one attached hydrogen (secondary N) is 1. The lowest BCUT2D eigenvalue weighted by Gasteiger charge is -2.18. The van der Waals surface area contributed by atoms with Crippen LogP contribution in [0.5, 0.6) is 0 Å². The first-order valence-corrected chi connectivity index (χ1v) is 12.5. The average Bonchev–Trinajstić information content (AvgIpc) is 2.89. The zero-order valence-electron chi connectivity index (χ0n) is 20.1. The summed E-state index contributed by atoms with van der Waals surface area (Å²) in [6, 6.07) is 30.1. The van der Waals surface area contributed by atoms with Crippen molar-refractivity contribution < 1.29 is 4.79 Å². The third kappa shape index (κ3) is 5.62. The highest BCUT2D eigenvalue weighted by Crippen LogP contribution is 2.36. The summed E-state index contributed by atoms with van der Waals surface area (Å²) in [4.78, 5) is 18.1. The van der Waals surface area contributed by atoms with E-state index < -0.39 is 5.25 Å². The summed E-state index contributed by atoms with van der Waals surface area (Å²) in [7, 11) is 0. The fourth-order valence-corrected chi connectivity index (χ4v) is 4.88. The van der Waals surface area contributed by atoms with Gasteiger partial charge in [-0.2, -0.15) is 5.26 Å². The van der Waals surface area contributed by atoms with Gasteiger partial charge in [-0.25, -0.2) is 4.98 Å². The van der Waals surface area contributed by atoms with Crippen LogP contribution in [0.4, 0.5) is 5.69 Å². The van der Waals surface area contributed by atoms with Crippen molar-refractivity contribution in [3.05, 3.63) is 102 Å². The van der Waals surface area contributed by atoms with Crippen LogP contribution in [0.3, 0.4) is 0 Å². The average molecular weight is 478 g/mol. The number of carbonyl (C=O) groups excluding carboxylic acids is 1. The summed E-state index contributed by atoms with van der Waals surface area (Å²) >= 11 is 1.35. The van der Waals surface area contributed by atoms with Crippen molar-refractivity contribution in [3.63, 3.8) is 0 Å². The molecule has 35 heavy (non-hydrogen) atoms. The van der Waals surface area contributed by atoms with Gasteiger partial charge in [-0.15, -0.1) is 0 Å². The van der Waals surface area contributed by atoms with E-state index in [1.807, 2.05) is 106 Å². The van der Waals surface area contributed by atoms with Crippen LogP contribution in [0.1, 0.15) is 30.0 Å². The molecule has 174 valence electrons. The number of thioether (sulfide) groups is 1. The van der Waals surface area contributed by atoms with Crippen LogP contribution < -0.4 is 5.32 Å². The first kappa shape index (κ1) is 24.3. The van der Waals surface area contributed by atoms with Gasteiger partial charge in [0.1, 0.15) is 11.1 Å². The standard InChI is InChI=1S/C30H27N3OS/c1-4-28(29(34)32-26-17-20(2)15-16-21(26)3)35-30-25(19-31)24(22-11-7-5-8-12-22)18-27(33-30)23-13-9-6-10-14-23/h5-18,28H,4H2,1-3H3,(H,32,34). The van der Waals surface area contributed by atoms with E-state index in [0.29, 0.717) is 17.0 Å². The minimum absolute atomic E-state index is 0.0942. The Balaban J connectivity index is 1.75. The molecule has 0 fully saturated rings. The minimum atomic E-state index is -0.399. The molecule has 4 rings (SSSR count). The van der Waals surface area contributed by atoms with Gasteiger partial charge in [0.2, 0.25) is 5.91 Å². The predicted molar refractivity (Wildman–Crippen MR) is 144 cm³/mol. The molecule has 0 saturated heterocycles. The lowest BCUT2D eigenvalue weighted by molar-refractivity contribution is -0.115. The van der Waals surface area contributed by atoms with Crippen LogP contribution in [0, 0.1) is 25.2 Å². The molecule has 0 bridgehead atoms. The zero-order chi connectivity index (χ0) is 24.8. The Morgan fingerprint density at radius 1 is 0.971 bits per heavy atom. The molecule has 0 aliphatic rings. The van der Waals surface area contributed by atoms with Crippen LogP contribution in [0.2, 0.25) is 0 Å². The Labute approximate surface area is 211 Å². The minimum Gasteiger partial charge on any atom is -0.325 e. The molecule has 0 aliphatic carbocycles. The first-order valence-electron chi connectivity index (χ1n) is 11.6. The summed E-state index contributed by atoms with van der Waals surface area (Å²) in [5, 5.41) is 13.4. The van der Waals surface area contributed by atoms with Gasteiger partial charge in [0.15, 0.2) is 0 Å².